The number of primary amides is 1. The van der Waals surface area contributed by atoms with Crippen molar-refractivity contribution in [2.45, 2.75) is 23.8 Å². The van der Waals surface area contributed by atoms with Crippen LogP contribution in [0.4, 0.5) is 0 Å². The summed E-state index contributed by atoms with van der Waals surface area (Å²) in [6, 6.07) is 1.57. The zero-order chi connectivity index (χ0) is 16.1. The van der Waals surface area contributed by atoms with Gasteiger partial charge in [0.05, 0.1) is 10.5 Å². The number of aromatic nitrogens is 1. The predicted octanol–water partition coefficient (Wildman–Crippen LogP) is 0.413. The number of carbonyl (C=O) groups is 1. The minimum atomic E-state index is -4.02. The predicted molar refractivity (Wildman–Crippen MR) is 78.0 cm³/mol. The number of hydrogen-bond donors (Lipinski definition) is 2. The SMILES string of the molecule is NC(=O)C1CCCN1S(=O)(=O)c1cc2oc(=O)[nH]c2cc1Cl. The summed E-state index contributed by atoms with van der Waals surface area (Å²) < 4.78 is 31.3. The maximum absolute atomic E-state index is 12.7. The molecule has 0 radical (unpaired) electrons. The van der Waals surface area contributed by atoms with Crippen LogP contribution in [0, 0.1) is 0 Å². The van der Waals surface area contributed by atoms with Crippen molar-refractivity contribution >= 4 is 38.6 Å². The van der Waals surface area contributed by atoms with Gasteiger partial charge in [-0.3, -0.25) is 9.78 Å². The molecule has 1 saturated heterocycles. The lowest BCUT2D eigenvalue weighted by atomic mass is 10.2. The Morgan fingerprint density at radius 3 is 2.86 bits per heavy atom. The van der Waals surface area contributed by atoms with Gasteiger partial charge in [0.1, 0.15) is 10.9 Å². The molecule has 1 aromatic carbocycles. The molecule has 0 aliphatic carbocycles. The van der Waals surface area contributed by atoms with E-state index in [0.29, 0.717) is 18.4 Å². The topological polar surface area (TPSA) is 126 Å². The minimum Gasteiger partial charge on any atom is -0.408 e. The highest BCUT2D eigenvalue weighted by atomic mass is 35.5. The van der Waals surface area contributed by atoms with Crippen molar-refractivity contribution in [3.8, 4) is 0 Å². The lowest BCUT2D eigenvalue weighted by Crippen LogP contribution is -2.43. The van der Waals surface area contributed by atoms with Crippen LogP contribution in [0.2, 0.25) is 5.02 Å². The van der Waals surface area contributed by atoms with E-state index >= 15 is 0 Å². The average Bonchev–Trinajstić information content (AvgIpc) is 3.02. The first-order valence-corrected chi connectivity index (χ1v) is 8.26. The normalized spacial score (nSPS) is 19.8. The Morgan fingerprint density at radius 1 is 1.45 bits per heavy atom. The zero-order valence-electron chi connectivity index (χ0n) is 11.2. The summed E-state index contributed by atoms with van der Waals surface area (Å²) in [5.41, 5.74) is 5.62. The van der Waals surface area contributed by atoms with Gasteiger partial charge in [0.2, 0.25) is 15.9 Å². The minimum absolute atomic E-state index is 0.0697. The van der Waals surface area contributed by atoms with Crippen molar-refractivity contribution in [3.05, 3.63) is 27.7 Å². The summed E-state index contributed by atoms with van der Waals surface area (Å²) in [5.74, 6) is -1.41. The molecular weight excluding hydrogens is 334 g/mol. The Balaban J connectivity index is 2.14. The summed E-state index contributed by atoms with van der Waals surface area (Å²) in [4.78, 5) is 24.7. The number of benzene rings is 1. The van der Waals surface area contributed by atoms with E-state index in [-0.39, 0.29) is 22.0 Å². The van der Waals surface area contributed by atoms with E-state index < -0.39 is 27.7 Å². The van der Waals surface area contributed by atoms with Crippen LogP contribution in [0.1, 0.15) is 12.8 Å². The Morgan fingerprint density at radius 2 is 2.18 bits per heavy atom. The fourth-order valence-corrected chi connectivity index (χ4v) is 4.77. The van der Waals surface area contributed by atoms with Gasteiger partial charge in [-0.15, -0.1) is 0 Å². The molecule has 0 bridgehead atoms. The number of rotatable bonds is 3. The standard InChI is InChI=1S/C12H12ClN3O5S/c13-6-4-7-9(21-12(18)15-7)5-10(6)22(19,20)16-3-1-2-8(16)11(14)17/h4-5,8H,1-3H2,(H2,14,17)(H,15,18). The van der Waals surface area contributed by atoms with Crippen LogP contribution in [-0.2, 0) is 14.8 Å². The number of H-pyrrole nitrogens is 1. The van der Waals surface area contributed by atoms with Gasteiger partial charge >= 0.3 is 5.76 Å². The Kier molecular flexibility index (Phi) is 3.50. The van der Waals surface area contributed by atoms with Crippen LogP contribution in [-0.4, -0.2) is 36.2 Å². The van der Waals surface area contributed by atoms with E-state index in [4.69, 9.17) is 21.8 Å². The van der Waals surface area contributed by atoms with Gasteiger partial charge in [-0.05, 0) is 18.9 Å². The molecule has 1 aliphatic rings. The summed E-state index contributed by atoms with van der Waals surface area (Å²) in [7, 11) is -4.02. The smallest absolute Gasteiger partial charge is 0.408 e. The molecule has 1 fully saturated rings. The first kappa shape index (κ1) is 15.1. The van der Waals surface area contributed by atoms with Gasteiger partial charge in [-0.1, -0.05) is 11.6 Å². The first-order valence-electron chi connectivity index (χ1n) is 6.44. The molecule has 3 N–H and O–H groups in total. The lowest BCUT2D eigenvalue weighted by Gasteiger charge is -2.22. The van der Waals surface area contributed by atoms with Crippen molar-refractivity contribution < 1.29 is 17.6 Å². The van der Waals surface area contributed by atoms with Crippen molar-refractivity contribution in [1.29, 1.82) is 0 Å². The number of amides is 1. The van der Waals surface area contributed by atoms with Crippen LogP contribution in [0.15, 0.2) is 26.2 Å². The number of halogens is 1. The van der Waals surface area contributed by atoms with Crippen LogP contribution in [0.3, 0.4) is 0 Å². The van der Waals surface area contributed by atoms with Gasteiger partial charge in [0.25, 0.3) is 0 Å². The molecule has 1 aliphatic heterocycles. The van der Waals surface area contributed by atoms with E-state index in [9.17, 15) is 18.0 Å². The van der Waals surface area contributed by atoms with Crippen molar-refractivity contribution in [1.82, 2.24) is 9.29 Å². The second-order valence-electron chi connectivity index (χ2n) is 4.97. The van der Waals surface area contributed by atoms with Crippen molar-refractivity contribution in [2.75, 3.05) is 6.54 Å². The maximum Gasteiger partial charge on any atom is 0.417 e. The second kappa shape index (κ2) is 5.11. The van der Waals surface area contributed by atoms with E-state index in [1.54, 1.807) is 0 Å². The molecule has 1 aromatic heterocycles. The number of sulfonamides is 1. The summed E-state index contributed by atoms with van der Waals surface area (Å²) >= 11 is 6.02. The molecule has 1 atom stereocenters. The van der Waals surface area contributed by atoms with Crippen LogP contribution >= 0.6 is 11.6 Å². The molecule has 118 valence electrons. The highest BCUT2D eigenvalue weighted by Crippen LogP contribution is 2.32. The molecule has 3 rings (SSSR count). The fourth-order valence-electron chi connectivity index (χ4n) is 2.59. The number of nitrogens with one attached hydrogen (secondary N) is 1. The Hall–Kier alpha value is -1.84. The summed E-state index contributed by atoms with van der Waals surface area (Å²) in [5, 5.41) is -0.0697. The third-order valence-corrected chi connectivity index (χ3v) is 5.97. The highest BCUT2D eigenvalue weighted by molar-refractivity contribution is 7.89. The monoisotopic (exact) mass is 345 g/mol. The third kappa shape index (κ3) is 2.31. The fraction of sp³-hybridized carbons (Fsp3) is 0.333. The first-order chi connectivity index (χ1) is 10.3. The zero-order valence-corrected chi connectivity index (χ0v) is 12.8. The Labute approximate surface area is 129 Å². The average molecular weight is 346 g/mol. The second-order valence-corrected chi connectivity index (χ2v) is 7.24. The summed E-state index contributed by atoms with van der Waals surface area (Å²) in [6.45, 7) is 0.182. The van der Waals surface area contributed by atoms with E-state index in [1.165, 1.54) is 12.1 Å². The number of fused-ring (bicyclic) bond motifs is 1. The summed E-state index contributed by atoms with van der Waals surface area (Å²) in [6.07, 6.45) is 0.902. The Bertz CT molecular complexity index is 916. The van der Waals surface area contributed by atoms with Gasteiger partial charge in [0, 0.05) is 12.6 Å². The van der Waals surface area contributed by atoms with E-state index in [1.807, 2.05) is 0 Å². The van der Waals surface area contributed by atoms with Gasteiger partial charge < -0.3 is 10.2 Å². The van der Waals surface area contributed by atoms with Crippen molar-refractivity contribution in [2.24, 2.45) is 5.73 Å². The molecule has 2 heterocycles. The van der Waals surface area contributed by atoms with Crippen LogP contribution < -0.4 is 11.5 Å². The third-order valence-electron chi connectivity index (χ3n) is 3.59. The molecular formula is C12H12ClN3O5S. The molecule has 0 spiro atoms. The number of aromatic amines is 1. The number of oxazole rings is 1. The number of nitrogens with zero attached hydrogens (tertiary/aromatic N) is 1. The van der Waals surface area contributed by atoms with Crippen LogP contribution in [0.25, 0.3) is 11.1 Å². The van der Waals surface area contributed by atoms with Crippen molar-refractivity contribution in [3.63, 3.8) is 0 Å². The molecule has 1 unspecified atom stereocenters. The molecule has 22 heavy (non-hydrogen) atoms. The molecule has 10 heteroatoms. The number of hydrogen-bond acceptors (Lipinski definition) is 5. The number of carbonyl (C=O) groups excluding carboxylic acids is 1. The lowest BCUT2D eigenvalue weighted by molar-refractivity contribution is -0.121. The van der Waals surface area contributed by atoms with Gasteiger partial charge in [0.15, 0.2) is 5.58 Å². The maximum atomic E-state index is 12.7. The van der Waals surface area contributed by atoms with E-state index in [0.717, 1.165) is 4.31 Å². The highest BCUT2D eigenvalue weighted by Gasteiger charge is 2.39. The van der Waals surface area contributed by atoms with Gasteiger partial charge in [-0.2, -0.15) is 4.31 Å². The largest absolute Gasteiger partial charge is 0.417 e. The number of nitrogens with two attached hydrogens (primary N) is 1. The van der Waals surface area contributed by atoms with Gasteiger partial charge in [-0.25, -0.2) is 13.2 Å². The molecule has 8 nitrogen and oxygen atoms in total. The molecule has 1 amide bonds. The molecule has 0 saturated carbocycles. The van der Waals surface area contributed by atoms with Crippen LogP contribution in [0.5, 0.6) is 0 Å². The quantitative estimate of drug-likeness (QED) is 0.833. The van der Waals surface area contributed by atoms with E-state index in [2.05, 4.69) is 4.98 Å². The molecule has 2 aromatic rings.